The molecule has 0 bridgehead atoms. The van der Waals surface area contributed by atoms with Gasteiger partial charge in [0, 0.05) is 51.3 Å². The average Bonchev–Trinajstić information content (AvgIpc) is 2.62. The molecule has 0 unspecified atom stereocenters. The number of benzene rings is 1. The van der Waals surface area contributed by atoms with Crippen LogP contribution in [-0.4, -0.2) is 31.1 Å². The molecule has 0 radical (unpaired) electrons. The number of hydrogen-bond acceptors (Lipinski definition) is 6. The number of rotatable bonds is 4. The summed E-state index contributed by atoms with van der Waals surface area (Å²) < 4.78 is 28.9. The number of carboxylic acids is 1. The molecule has 0 saturated carbocycles. The zero-order chi connectivity index (χ0) is 20.7. The molecular formula is C20H22O7PdS. The minimum absolute atomic E-state index is 0. The Balaban J connectivity index is 0.000000327. The number of carboxylic acid groups (broad SMARTS) is 1. The summed E-state index contributed by atoms with van der Waals surface area (Å²) in [6, 6.07) is 6.40. The fourth-order valence-electron chi connectivity index (χ4n) is 2.68. The molecule has 1 aromatic carbocycles. The van der Waals surface area contributed by atoms with E-state index in [2.05, 4.69) is 0 Å². The zero-order valence-electron chi connectivity index (χ0n) is 15.8. The van der Waals surface area contributed by atoms with Crippen molar-refractivity contribution >= 4 is 27.7 Å². The second kappa shape index (κ2) is 11.2. The van der Waals surface area contributed by atoms with Crippen molar-refractivity contribution < 1.29 is 52.5 Å². The Bertz CT molecular complexity index is 928. The first-order valence-electron chi connectivity index (χ1n) is 8.88. The van der Waals surface area contributed by atoms with Crippen LogP contribution in [0.2, 0.25) is 0 Å². The molecule has 1 aromatic rings. The van der Waals surface area contributed by atoms with Gasteiger partial charge in [0.15, 0.2) is 11.6 Å². The Morgan fingerprint density at radius 2 is 1.48 bits per heavy atom. The standard InChI is InChI=1S/C13H14O4S.C7H8O3.Pd/c1-10-5-7-13(8-6-10)18(15,16)17-12-4-2-3-11(14)9-12;8-6-3-1-2-5(4-6)7(9)10;/h5-9H,2-4H2,1H3;4H,1-3H2,(H,9,10);. The summed E-state index contributed by atoms with van der Waals surface area (Å²) in [7, 11) is -3.82. The second-order valence-corrected chi connectivity index (χ2v) is 8.12. The van der Waals surface area contributed by atoms with E-state index >= 15 is 0 Å². The van der Waals surface area contributed by atoms with Gasteiger partial charge in [-0.1, -0.05) is 17.7 Å². The number of aliphatic carboxylic acids is 1. The minimum atomic E-state index is -3.82. The number of aryl methyl sites for hydroxylation is 1. The molecule has 2 aliphatic carbocycles. The quantitative estimate of drug-likeness (QED) is 0.487. The van der Waals surface area contributed by atoms with Crippen LogP contribution in [0.15, 0.2) is 52.6 Å². The van der Waals surface area contributed by atoms with Gasteiger partial charge in [0.2, 0.25) is 0 Å². The molecular weight excluding hydrogens is 491 g/mol. The minimum Gasteiger partial charge on any atom is -0.478 e. The molecule has 9 heteroatoms. The third kappa shape index (κ3) is 8.05. The van der Waals surface area contributed by atoms with Crippen molar-refractivity contribution in [1.82, 2.24) is 0 Å². The summed E-state index contributed by atoms with van der Waals surface area (Å²) in [5.74, 6) is -0.890. The molecule has 1 N–H and O–H groups in total. The van der Waals surface area contributed by atoms with E-state index in [1.165, 1.54) is 24.3 Å². The van der Waals surface area contributed by atoms with E-state index in [4.69, 9.17) is 9.29 Å². The molecule has 0 heterocycles. The number of hydrogen-bond donors (Lipinski definition) is 1. The van der Waals surface area contributed by atoms with E-state index in [1.807, 2.05) is 6.92 Å². The second-order valence-electron chi connectivity index (χ2n) is 6.58. The molecule has 0 amide bonds. The Labute approximate surface area is 183 Å². The van der Waals surface area contributed by atoms with E-state index < -0.39 is 16.1 Å². The summed E-state index contributed by atoms with van der Waals surface area (Å²) in [5.41, 5.74) is 1.22. The third-order valence-electron chi connectivity index (χ3n) is 4.17. The van der Waals surface area contributed by atoms with Gasteiger partial charge in [0.25, 0.3) is 0 Å². The predicted octanol–water partition coefficient (Wildman–Crippen LogP) is 3.09. The largest absolute Gasteiger partial charge is 0.478 e. The Morgan fingerprint density at radius 1 is 0.931 bits per heavy atom. The van der Waals surface area contributed by atoms with Crippen LogP contribution in [-0.2, 0) is 49.1 Å². The van der Waals surface area contributed by atoms with Crippen molar-refractivity contribution in [3.05, 3.63) is 53.3 Å². The number of carbonyl (C=O) groups excluding carboxylic acids is 2. The zero-order valence-corrected chi connectivity index (χ0v) is 18.2. The Hall–Kier alpha value is -2.08. The van der Waals surface area contributed by atoms with Gasteiger partial charge < -0.3 is 9.29 Å². The molecule has 0 spiro atoms. The first kappa shape index (κ1) is 25.0. The van der Waals surface area contributed by atoms with Gasteiger partial charge in [-0.25, -0.2) is 4.79 Å². The van der Waals surface area contributed by atoms with E-state index in [1.54, 1.807) is 12.1 Å². The normalized spacial score (nSPS) is 16.4. The van der Waals surface area contributed by atoms with Crippen LogP contribution in [0.25, 0.3) is 0 Å². The Morgan fingerprint density at radius 3 is 1.97 bits per heavy atom. The van der Waals surface area contributed by atoms with Crippen molar-refractivity contribution in [2.24, 2.45) is 0 Å². The molecule has 29 heavy (non-hydrogen) atoms. The number of ketones is 2. The van der Waals surface area contributed by atoms with Crippen LogP contribution in [0.3, 0.4) is 0 Å². The third-order valence-corrected chi connectivity index (χ3v) is 5.46. The van der Waals surface area contributed by atoms with E-state index in [0.717, 1.165) is 5.56 Å². The van der Waals surface area contributed by atoms with Crippen molar-refractivity contribution in [3.8, 4) is 0 Å². The summed E-state index contributed by atoms with van der Waals surface area (Å²) in [5, 5.41) is 8.44. The monoisotopic (exact) mass is 512 g/mol. The SMILES string of the molecule is Cc1ccc(S(=O)(=O)OC2=CC(=O)CCC2)cc1.O=C1C=C(C(=O)O)CCC1.[Pd]. The van der Waals surface area contributed by atoms with Gasteiger partial charge in [-0.2, -0.15) is 8.42 Å². The molecule has 160 valence electrons. The molecule has 0 aliphatic heterocycles. The van der Waals surface area contributed by atoms with Gasteiger partial charge >= 0.3 is 16.1 Å². The van der Waals surface area contributed by atoms with Gasteiger partial charge in [-0.3, -0.25) is 9.59 Å². The van der Waals surface area contributed by atoms with E-state index in [-0.39, 0.29) is 48.2 Å². The van der Waals surface area contributed by atoms with Crippen LogP contribution in [0.5, 0.6) is 0 Å². The number of carbonyl (C=O) groups is 3. The fraction of sp³-hybridized carbons (Fsp3) is 0.350. The first-order chi connectivity index (χ1) is 13.2. The van der Waals surface area contributed by atoms with Gasteiger partial charge in [-0.05, 0) is 44.4 Å². The van der Waals surface area contributed by atoms with Crippen molar-refractivity contribution in [1.29, 1.82) is 0 Å². The Kier molecular flexibility index (Phi) is 9.64. The summed E-state index contributed by atoms with van der Waals surface area (Å²) in [6.45, 7) is 1.87. The molecule has 0 saturated heterocycles. The maximum absolute atomic E-state index is 11.9. The first-order valence-corrected chi connectivity index (χ1v) is 10.3. The van der Waals surface area contributed by atoms with Crippen LogP contribution < -0.4 is 0 Å². The fourth-order valence-corrected chi connectivity index (χ4v) is 3.66. The van der Waals surface area contributed by atoms with Gasteiger partial charge in [0.05, 0.1) is 0 Å². The molecule has 0 atom stereocenters. The van der Waals surface area contributed by atoms with Gasteiger partial charge in [0.1, 0.15) is 10.7 Å². The van der Waals surface area contributed by atoms with Crippen LogP contribution in [0.4, 0.5) is 0 Å². The molecule has 7 nitrogen and oxygen atoms in total. The van der Waals surface area contributed by atoms with Crippen LogP contribution >= 0.6 is 0 Å². The van der Waals surface area contributed by atoms with Crippen LogP contribution in [0.1, 0.15) is 44.1 Å². The predicted molar refractivity (Wildman–Crippen MR) is 101 cm³/mol. The van der Waals surface area contributed by atoms with Crippen molar-refractivity contribution in [2.75, 3.05) is 0 Å². The molecule has 2 aliphatic rings. The maximum atomic E-state index is 11.9. The topological polar surface area (TPSA) is 115 Å². The summed E-state index contributed by atoms with van der Waals surface area (Å²) >= 11 is 0. The molecule has 0 fully saturated rings. The summed E-state index contributed by atoms with van der Waals surface area (Å²) in [6.07, 6.45) is 5.78. The van der Waals surface area contributed by atoms with Gasteiger partial charge in [-0.15, -0.1) is 0 Å². The average molecular weight is 513 g/mol. The van der Waals surface area contributed by atoms with E-state index in [0.29, 0.717) is 38.5 Å². The molecule has 3 rings (SSSR count). The maximum Gasteiger partial charge on any atom is 0.338 e. The number of allylic oxidation sites excluding steroid dienone is 3. The van der Waals surface area contributed by atoms with Crippen LogP contribution in [0, 0.1) is 6.92 Å². The van der Waals surface area contributed by atoms with E-state index in [9.17, 15) is 22.8 Å². The molecule has 0 aromatic heterocycles. The van der Waals surface area contributed by atoms with Crippen molar-refractivity contribution in [2.45, 2.75) is 50.3 Å². The summed E-state index contributed by atoms with van der Waals surface area (Å²) in [4.78, 5) is 32.2. The van der Waals surface area contributed by atoms with Crippen molar-refractivity contribution in [3.63, 3.8) is 0 Å². The smallest absolute Gasteiger partial charge is 0.338 e.